The summed E-state index contributed by atoms with van der Waals surface area (Å²) in [6.45, 7) is 7.44. The maximum Gasteiger partial charge on any atom is 0.164 e. The van der Waals surface area contributed by atoms with Crippen LogP contribution in [0.5, 0.6) is 0 Å². The molecule has 3 rings (SSSR count). The minimum Gasteiger partial charge on any atom is -0.386 e. The molecule has 102 valence electrons. The predicted octanol–water partition coefficient (Wildman–Crippen LogP) is 0.957. The second kappa shape index (κ2) is 3.77. The van der Waals surface area contributed by atoms with Crippen molar-refractivity contribution in [1.29, 1.82) is 0 Å². The molecule has 0 spiro atoms. The lowest BCUT2D eigenvalue weighted by Crippen LogP contribution is -2.43. The predicted molar refractivity (Wildman–Crippen MR) is 62.8 cm³/mol. The average Bonchev–Trinajstić information content (AvgIpc) is 2.68. The van der Waals surface area contributed by atoms with Crippen molar-refractivity contribution in [1.82, 2.24) is 0 Å². The number of ether oxygens (including phenoxy) is 4. The molecule has 2 fully saturated rings. The van der Waals surface area contributed by atoms with Crippen molar-refractivity contribution in [3.05, 3.63) is 12.2 Å². The third-order valence-electron chi connectivity index (χ3n) is 3.49. The smallest absolute Gasteiger partial charge is 0.164 e. The zero-order chi connectivity index (χ0) is 13.1. The third kappa shape index (κ3) is 2.00. The number of aliphatic hydroxyl groups is 1. The lowest BCUT2D eigenvalue weighted by Gasteiger charge is -2.24. The first kappa shape index (κ1) is 12.6. The molecule has 0 aromatic carbocycles. The van der Waals surface area contributed by atoms with Crippen molar-refractivity contribution >= 4 is 0 Å². The average molecular weight is 256 g/mol. The zero-order valence-electron chi connectivity index (χ0n) is 11.1. The summed E-state index contributed by atoms with van der Waals surface area (Å²) >= 11 is 0. The molecule has 0 radical (unpaired) electrons. The monoisotopic (exact) mass is 256 g/mol. The summed E-state index contributed by atoms with van der Waals surface area (Å²) in [5.41, 5.74) is 0. The molecular weight excluding hydrogens is 236 g/mol. The fourth-order valence-electron chi connectivity index (χ4n) is 2.89. The Bertz CT molecular complexity index is 376. The highest BCUT2D eigenvalue weighted by Gasteiger charge is 2.55. The highest BCUT2D eigenvalue weighted by molar-refractivity contribution is 5.12. The minimum absolute atomic E-state index is 0.206. The van der Waals surface area contributed by atoms with Gasteiger partial charge in [0.2, 0.25) is 0 Å². The van der Waals surface area contributed by atoms with Crippen LogP contribution in [-0.4, -0.2) is 47.2 Å². The van der Waals surface area contributed by atoms with Crippen LogP contribution in [0.3, 0.4) is 0 Å². The highest BCUT2D eigenvalue weighted by Crippen LogP contribution is 2.41. The Labute approximate surface area is 107 Å². The van der Waals surface area contributed by atoms with Crippen LogP contribution in [0.1, 0.15) is 27.7 Å². The SMILES string of the molecule is CC1(C)O[C@@H]2[C@H](O1)[C@H](O)C=C[C@@H]1OC(C)(C)O[C@@H]21. The van der Waals surface area contributed by atoms with Gasteiger partial charge in [0.15, 0.2) is 11.6 Å². The first-order chi connectivity index (χ1) is 8.27. The van der Waals surface area contributed by atoms with Gasteiger partial charge in [0, 0.05) is 0 Å². The summed E-state index contributed by atoms with van der Waals surface area (Å²) in [6, 6.07) is 0. The zero-order valence-corrected chi connectivity index (χ0v) is 11.1. The lowest BCUT2D eigenvalue weighted by atomic mass is 10.0. The molecule has 5 heteroatoms. The van der Waals surface area contributed by atoms with Gasteiger partial charge in [0.1, 0.15) is 30.5 Å². The number of rotatable bonds is 0. The molecule has 0 aromatic rings. The van der Waals surface area contributed by atoms with Gasteiger partial charge in [-0.2, -0.15) is 0 Å². The number of fused-ring (bicyclic) bond motifs is 3. The molecule has 0 aromatic heterocycles. The van der Waals surface area contributed by atoms with Gasteiger partial charge >= 0.3 is 0 Å². The fraction of sp³-hybridized carbons (Fsp3) is 0.846. The molecule has 2 heterocycles. The van der Waals surface area contributed by atoms with Crippen LogP contribution < -0.4 is 0 Å². The molecule has 1 N–H and O–H groups in total. The molecule has 18 heavy (non-hydrogen) atoms. The normalized spacial score (nSPS) is 48.6. The van der Waals surface area contributed by atoms with E-state index in [2.05, 4.69) is 0 Å². The number of hydrogen-bond acceptors (Lipinski definition) is 5. The molecule has 0 bridgehead atoms. The van der Waals surface area contributed by atoms with Crippen LogP contribution in [0, 0.1) is 0 Å². The lowest BCUT2D eigenvalue weighted by molar-refractivity contribution is -0.175. The fourth-order valence-corrected chi connectivity index (χ4v) is 2.89. The first-order valence-corrected chi connectivity index (χ1v) is 6.35. The van der Waals surface area contributed by atoms with Gasteiger partial charge in [-0.3, -0.25) is 0 Å². The summed E-state index contributed by atoms with van der Waals surface area (Å²) in [6.07, 6.45) is 1.65. The van der Waals surface area contributed by atoms with Gasteiger partial charge in [-0.15, -0.1) is 0 Å². The summed E-state index contributed by atoms with van der Waals surface area (Å²) in [5.74, 6) is -1.34. The van der Waals surface area contributed by atoms with Crippen LogP contribution in [0.15, 0.2) is 12.2 Å². The largest absolute Gasteiger partial charge is 0.386 e. The van der Waals surface area contributed by atoms with E-state index in [9.17, 15) is 5.11 Å². The van der Waals surface area contributed by atoms with E-state index in [0.717, 1.165) is 0 Å². The molecule has 5 atom stereocenters. The Kier molecular flexibility index (Phi) is 2.63. The van der Waals surface area contributed by atoms with Crippen molar-refractivity contribution in [3.8, 4) is 0 Å². The molecule has 0 unspecified atom stereocenters. The van der Waals surface area contributed by atoms with E-state index in [0.29, 0.717) is 0 Å². The third-order valence-corrected chi connectivity index (χ3v) is 3.49. The quantitative estimate of drug-likeness (QED) is 0.654. The van der Waals surface area contributed by atoms with E-state index in [1.54, 1.807) is 6.08 Å². The van der Waals surface area contributed by atoms with E-state index in [1.165, 1.54) is 0 Å². The first-order valence-electron chi connectivity index (χ1n) is 6.35. The standard InChI is InChI=1S/C13H20O5/c1-12(2)15-8-6-5-7(14)9-11(10(8)17-12)18-13(3,4)16-9/h5-11,14H,1-4H3/t7-,8+,9-,10-,11-/m1/s1. The Morgan fingerprint density at radius 1 is 0.778 bits per heavy atom. The molecule has 0 saturated carbocycles. The minimum atomic E-state index is -0.706. The van der Waals surface area contributed by atoms with Crippen molar-refractivity contribution in [2.24, 2.45) is 0 Å². The van der Waals surface area contributed by atoms with Crippen molar-refractivity contribution in [2.75, 3.05) is 0 Å². The highest BCUT2D eigenvalue weighted by atomic mass is 16.8. The Balaban J connectivity index is 1.92. The Morgan fingerprint density at radius 3 is 2.06 bits per heavy atom. The molecule has 2 aliphatic heterocycles. The topological polar surface area (TPSA) is 57.2 Å². The van der Waals surface area contributed by atoms with Crippen LogP contribution in [0.25, 0.3) is 0 Å². The molecule has 1 aliphatic carbocycles. The van der Waals surface area contributed by atoms with Gasteiger partial charge in [-0.25, -0.2) is 0 Å². The molecule has 0 amide bonds. The van der Waals surface area contributed by atoms with E-state index in [-0.39, 0.29) is 18.3 Å². The summed E-state index contributed by atoms with van der Waals surface area (Å²) in [5, 5.41) is 10.1. The molecular formula is C13H20O5. The van der Waals surface area contributed by atoms with Crippen LogP contribution >= 0.6 is 0 Å². The number of aliphatic hydroxyl groups excluding tert-OH is 1. The molecule has 3 aliphatic rings. The maximum absolute atomic E-state index is 10.1. The van der Waals surface area contributed by atoms with Gasteiger partial charge in [0.05, 0.1) is 0 Å². The van der Waals surface area contributed by atoms with Crippen LogP contribution in [0.2, 0.25) is 0 Å². The van der Waals surface area contributed by atoms with Crippen molar-refractivity contribution < 1.29 is 24.1 Å². The molecule has 2 saturated heterocycles. The van der Waals surface area contributed by atoms with Crippen molar-refractivity contribution in [3.63, 3.8) is 0 Å². The van der Waals surface area contributed by atoms with Crippen LogP contribution in [-0.2, 0) is 18.9 Å². The Morgan fingerprint density at radius 2 is 1.33 bits per heavy atom. The molecule has 5 nitrogen and oxygen atoms in total. The van der Waals surface area contributed by atoms with Gasteiger partial charge in [0.25, 0.3) is 0 Å². The van der Waals surface area contributed by atoms with E-state index in [4.69, 9.17) is 18.9 Å². The summed E-state index contributed by atoms with van der Waals surface area (Å²) < 4.78 is 23.3. The van der Waals surface area contributed by atoms with E-state index >= 15 is 0 Å². The van der Waals surface area contributed by atoms with Gasteiger partial charge in [-0.05, 0) is 27.7 Å². The summed E-state index contributed by atoms with van der Waals surface area (Å²) in [4.78, 5) is 0. The summed E-state index contributed by atoms with van der Waals surface area (Å²) in [7, 11) is 0. The second-order valence-corrected chi connectivity index (χ2v) is 6.01. The van der Waals surface area contributed by atoms with Gasteiger partial charge in [-0.1, -0.05) is 12.2 Å². The maximum atomic E-state index is 10.1. The second-order valence-electron chi connectivity index (χ2n) is 6.01. The Hall–Kier alpha value is -0.460. The van der Waals surface area contributed by atoms with Crippen molar-refractivity contribution in [2.45, 2.75) is 69.8 Å². The number of hydrogen-bond donors (Lipinski definition) is 1. The van der Waals surface area contributed by atoms with Crippen LogP contribution in [0.4, 0.5) is 0 Å². The van der Waals surface area contributed by atoms with Gasteiger partial charge < -0.3 is 24.1 Å². The van der Waals surface area contributed by atoms with E-state index in [1.807, 2.05) is 33.8 Å². The van der Waals surface area contributed by atoms with E-state index < -0.39 is 23.8 Å².